The van der Waals surface area contributed by atoms with Gasteiger partial charge in [-0.2, -0.15) is 0 Å². The van der Waals surface area contributed by atoms with Crippen LogP contribution in [0.2, 0.25) is 5.02 Å². The largest absolute Gasteiger partial charge is 0.385 e. The fraction of sp³-hybridized carbons (Fsp3) is 0.538. The first-order valence-electron chi connectivity index (χ1n) is 5.96. The maximum absolute atomic E-state index is 6.08. The summed E-state index contributed by atoms with van der Waals surface area (Å²) in [6.07, 6.45) is 2.61. The highest BCUT2D eigenvalue weighted by Gasteiger charge is 2.12. The summed E-state index contributed by atoms with van der Waals surface area (Å²) in [5, 5.41) is 7.72. The van der Waals surface area contributed by atoms with E-state index in [1.54, 1.807) is 0 Å². The molecule has 1 atom stereocenters. The Labute approximate surface area is 102 Å². The van der Waals surface area contributed by atoms with Gasteiger partial charge in [0.15, 0.2) is 0 Å². The van der Waals surface area contributed by atoms with E-state index < -0.39 is 0 Å². The predicted molar refractivity (Wildman–Crippen MR) is 70.3 cm³/mol. The van der Waals surface area contributed by atoms with E-state index >= 15 is 0 Å². The topological polar surface area (TPSA) is 24.1 Å². The first-order valence-corrected chi connectivity index (χ1v) is 6.34. The van der Waals surface area contributed by atoms with Crippen LogP contribution >= 0.6 is 11.6 Å². The minimum absolute atomic E-state index is 0.744. The molecule has 2 rings (SSSR count). The van der Waals surface area contributed by atoms with Gasteiger partial charge in [0.2, 0.25) is 0 Å². The summed E-state index contributed by atoms with van der Waals surface area (Å²) in [4.78, 5) is 0. The van der Waals surface area contributed by atoms with Gasteiger partial charge >= 0.3 is 0 Å². The van der Waals surface area contributed by atoms with Crippen molar-refractivity contribution in [2.24, 2.45) is 5.92 Å². The predicted octanol–water partition coefficient (Wildman–Crippen LogP) is 3.06. The van der Waals surface area contributed by atoms with Crippen molar-refractivity contribution in [2.75, 3.05) is 25.0 Å². The number of halogens is 1. The summed E-state index contributed by atoms with van der Waals surface area (Å²) in [6, 6.07) is 6.16. The molecule has 0 spiro atoms. The van der Waals surface area contributed by atoms with E-state index in [9.17, 15) is 0 Å². The molecule has 1 saturated heterocycles. The Morgan fingerprint density at radius 2 is 2.38 bits per heavy atom. The van der Waals surface area contributed by atoms with Gasteiger partial charge in [0, 0.05) is 17.3 Å². The maximum atomic E-state index is 6.08. The summed E-state index contributed by atoms with van der Waals surface area (Å²) in [7, 11) is 0. The van der Waals surface area contributed by atoms with Crippen LogP contribution in [0.25, 0.3) is 0 Å². The average molecular weight is 239 g/mol. The van der Waals surface area contributed by atoms with Gasteiger partial charge < -0.3 is 10.6 Å². The highest BCUT2D eigenvalue weighted by atomic mass is 35.5. The Hall–Kier alpha value is -0.730. The van der Waals surface area contributed by atoms with Crippen LogP contribution in [0.1, 0.15) is 18.4 Å². The number of anilines is 1. The van der Waals surface area contributed by atoms with Crippen molar-refractivity contribution in [3.63, 3.8) is 0 Å². The molecule has 0 bridgehead atoms. The van der Waals surface area contributed by atoms with E-state index in [1.807, 2.05) is 13.0 Å². The van der Waals surface area contributed by atoms with Gasteiger partial charge in [-0.3, -0.25) is 0 Å². The van der Waals surface area contributed by atoms with Crippen LogP contribution in [-0.2, 0) is 0 Å². The number of nitrogens with one attached hydrogen (secondary N) is 2. The Bertz CT molecular complexity index is 346. The zero-order chi connectivity index (χ0) is 11.4. The molecular formula is C13H19ClN2. The van der Waals surface area contributed by atoms with Crippen molar-refractivity contribution in [1.29, 1.82) is 0 Å². The number of hydrogen-bond acceptors (Lipinski definition) is 2. The summed E-state index contributed by atoms with van der Waals surface area (Å²) >= 11 is 6.08. The van der Waals surface area contributed by atoms with E-state index in [2.05, 4.69) is 22.8 Å². The van der Waals surface area contributed by atoms with Crippen LogP contribution in [0, 0.1) is 12.8 Å². The van der Waals surface area contributed by atoms with E-state index in [-0.39, 0.29) is 0 Å². The van der Waals surface area contributed by atoms with Crippen molar-refractivity contribution >= 4 is 17.3 Å². The number of piperidine rings is 1. The monoisotopic (exact) mass is 238 g/mol. The van der Waals surface area contributed by atoms with Crippen molar-refractivity contribution in [3.05, 3.63) is 28.8 Å². The van der Waals surface area contributed by atoms with Gasteiger partial charge in [-0.15, -0.1) is 0 Å². The first kappa shape index (κ1) is 11.7. The minimum Gasteiger partial charge on any atom is -0.385 e. The second-order valence-electron chi connectivity index (χ2n) is 4.56. The molecule has 1 unspecified atom stereocenters. The molecule has 1 aromatic rings. The molecule has 2 nitrogen and oxygen atoms in total. The summed E-state index contributed by atoms with van der Waals surface area (Å²) < 4.78 is 0. The van der Waals surface area contributed by atoms with Crippen molar-refractivity contribution < 1.29 is 0 Å². The second-order valence-corrected chi connectivity index (χ2v) is 4.96. The fourth-order valence-corrected chi connectivity index (χ4v) is 2.24. The van der Waals surface area contributed by atoms with Gasteiger partial charge in [0.05, 0.1) is 0 Å². The smallest absolute Gasteiger partial charge is 0.0455 e. The lowest BCUT2D eigenvalue weighted by Gasteiger charge is -2.23. The first-order chi connectivity index (χ1) is 7.75. The van der Waals surface area contributed by atoms with Gasteiger partial charge in [0.1, 0.15) is 0 Å². The molecule has 16 heavy (non-hydrogen) atoms. The minimum atomic E-state index is 0.744. The molecular weight excluding hydrogens is 220 g/mol. The molecule has 3 heteroatoms. The molecule has 1 heterocycles. The summed E-state index contributed by atoms with van der Waals surface area (Å²) in [5.41, 5.74) is 2.26. The SMILES string of the molecule is Cc1ccc(NCC2CCCNC2)cc1Cl. The molecule has 2 N–H and O–H groups in total. The standard InChI is InChI=1S/C13H19ClN2/c1-10-4-5-12(7-13(10)14)16-9-11-3-2-6-15-8-11/h4-5,7,11,15-16H,2-3,6,8-9H2,1H3. The fourth-order valence-electron chi connectivity index (χ4n) is 2.06. The highest BCUT2D eigenvalue weighted by molar-refractivity contribution is 6.31. The Balaban J connectivity index is 1.86. The van der Waals surface area contributed by atoms with E-state index in [0.717, 1.165) is 35.3 Å². The van der Waals surface area contributed by atoms with E-state index in [0.29, 0.717) is 0 Å². The molecule has 1 aliphatic rings. The third-order valence-electron chi connectivity index (χ3n) is 3.17. The maximum Gasteiger partial charge on any atom is 0.0455 e. The normalized spacial score (nSPS) is 20.8. The molecule has 1 aromatic carbocycles. The lowest BCUT2D eigenvalue weighted by molar-refractivity contribution is 0.393. The molecule has 0 amide bonds. The molecule has 0 radical (unpaired) electrons. The van der Waals surface area contributed by atoms with Gasteiger partial charge in [-0.1, -0.05) is 17.7 Å². The molecule has 88 valence electrons. The zero-order valence-corrected chi connectivity index (χ0v) is 10.5. The lowest BCUT2D eigenvalue weighted by Crippen LogP contribution is -2.33. The molecule has 0 aliphatic carbocycles. The van der Waals surface area contributed by atoms with Crippen LogP contribution < -0.4 is 10.6 Å². The third kappa shape index (κ3) is 3.13. The van der Waals surface area contributed by atoms with Crippen LogP contribution in [0.4, 0.5) is 5.69 Å². The average Bonchev–Trinajstić information content (AvgIpc) is 2.32. The zero-order valence-electron chi connectivity index (χ0n) is 9.72. The van der Waals surface area contributed by atoms with Crippen molar-refractivity contribution in [1.82, 2.24) is 5.32 Å². The second kappa shape index (κ2) is 5.55. The highest BCUT2D eigenvalue weighted by Crippen LogP contribution is 2.20. The Morgan fingerprint density at radius 1 is 1.50 bits per heavy atom. The van der Waals surface area contributed by atoms with Crippen molar-refractivity contribution in [2.45, 2.75) is 19.8 Å². The van der Waals surface area contributed by atoms with Gasteiger partial charge in [0.25, 0.3) is 0 Å². The van der Waals surface area contributed by atoms with Crippen LogP contribution in [0.15, 0.2) is 18.2 Å². The number of hydrogen-bond donors (Lipinski definition) is 2. The summed E-state index contributed by atoms with van der Waals surface area (Å²) in [6.45, 7) is 5.36. The third-order valence-corrected chi connectivity index (χ3v) is 3.57. The Morgan fingerprint density at radius 3 is 3.06 bits per heavy atom. The molecule has 0 saturated carbocycles. The Kier molecular flexibility index (Phi) is 4.08. The van der Waals surface area contributed by atoms with E-state index in [1.165, 1.54) is 19.4 Å². The van der Waals surface area contributed by atoms with Crippen molar-refractivity contribution in [3.8, 4) is 0 Å². The summed E-state index contributed by atoms with van der Waals surface area (Å²) in [5.74, 6) is 0.744. The quantitative estimate of drug-likeness (QED) is 0.846. The van der Waals surface area contributed by atoms with Crippen LogP contribution in [0.3, 0.4) is 0 Å². The number of benzene rings is 1. The molecule has 1 aliphatic heterocycles. The molecule has 0 aromatic heterocycles. The van der Waals surface area contributed by atoms with Gasteiger partial charge in [-0.25, -0.2) is 0 Å². The van der Waals surface area contributed by atoms with Gasteiger partial charge in [-0.05, 0) is 56.5 Å². The number of rotatable bonds is 3. The van der Waals surface area contributed by atoms with E-state index in [4.69, 9.17) is 11.6 Å². The van der Waals surface area contributed by atoms with Crippen LogP contribution in [-0.4, -0.2) is 19.6 Å². The molecule has 1 fully saturated rings. The van der Waals surface area contributed by atoms with Crippen LogP contribution in [0.5, 0.6) is 0 Å². The lowest BCUT2D eigenvalue weighted by atomic mass is 10.00. The number of aryl methyl sites for hydroxylation is 1.